The molecule has 0 amide bonds. The maximum absolute atomic E-state index is 5.88. The molecule has 6 heteroatoms. The minimum Gasteiger partial charge on any atom is -0.370 e. The standard InChI is InChI=1S/C16H23N5.HI/c1-16(2,3)20-15(17)19-11-14-18-9-10-21(14)12-13-7-5-4-6-8-13;/h4-10H,11-12H2,1-3H3,(H3,17,19,20);1H. The number of hydrogen-bond acceptors (Lipinski definition) is 2. The Hall–Kier alpha value is -1.57. The molecule has 0 unspecified atom stereocenters. The SMILES string of the molecule is CC(C)(C)NC(N)=NCc1nccn1Cc1ccccc1.I. The van der Waals surface area contributed by atoms with Crippen molar-refractivity contribution in [2.24, 2.45) is 10.7 Å². The summed E-state index contributed by atoms with van der Waals surface area (Å²) in [6.45, 7) is 7.40. The molecule has 0 aliphatic carbocycles. The van der Waals surface area contributed by atoms with E-state index in [1.165, 1.54) is 5.56 Å². The van der Waals surface area contributed by atoms with Crippen molar-refractivity contribution < 1.29 is 0 Å². The molecule has 0 aliphatic rings. The van der Waals surface area contributed by atoms with E-state index < -0.39 is 0 Å². The fourth-order valence-corrected chi connectivity index (χ4v) is 2.00. The average molecular weight is 413 g/mol. The zero-order valence-electron chi connectivity index (χ0n) is 13.3. The van der Waals surface area contributed by atoms with Crippen molar-refractivity contribution in [3.05, 3.63) is 54.1 Å². The van der Waals surface area contributed by atoms with Gasteiger partial charge in [0.2, 0.25) is 0 Å². The summed E-state index contributed by atoms with van der Waals surface area (Å²) in [7, 11) is 0. The van der Waals surface area contributed by atoms with Crippen LogP contribution in [0, 0.1) is 0 Å². The van der Waals surface area contributed by atoms with Gasteiger partial charge in [0, 0.05) is 24.5 Å². The van der Waals surface area contributed by atoms with Crippen molar-refractivity contribution in [1.29, 1.82) is 0 Å². The second-order valence-corrected chi connectivity index (χ2v) is 6.03. The molecular weight excluding hydrogens is 389 g/mol. The highest BCUT2D eigenvalue weighted by Gasteiger charge is 2.10. The van der Waals surface area contributed by atoms with Gasteiger partial charge in [-0.05, 0) is 26.3 Å². The zero-order valence-corrected chi connectivity index (χ0v) is 15.6. The molecule has 1 heterocycles. The highest BCUT2D eigenvalue weighted by molar-refractivity contribution is 14.0. The van der Waals surface area contributed by atoms with E-state index >= 15 is 0 Å². The van der Waals surface area contributed by atoms with Gasteiger partial charge in [0.15, 0.2) is 5.96 Å². The third-order valence-corrected chi connectivity index (χ3v) is 2.89. The van der Waals surface area contributed by atoms with Gasteiger partial charge in [0.05, 0.1) is 0 Å². The van der Waals surface area contributed by atoms with Crippen molar-refractivity contribution in [3.8, 4) is 0 Å². The van der Waals surface area contributed by atoms with Crippen LogP contribution in [0.25, 0.3) is 0 Å². The van der Waals surface area contributed by atoms with Crippen molar-refractivity contribution in [1.82, 2.24) is 14.9 Å². The molecule has 0 saturated carbocycles. The minimum absolute atomic E-state index is 0. The van der Waals surface area contributed by atoms with Gasteiger partial charge in [-0.15, -0.1) is 24.0 Å². The molecule has 0 spiro atoms. The molecule has 0 saturated heterocycles. The van der Waals surface area contributed by atoms with Crippen LogP contribution in [0.2, 0.25) is 0 Å². The van der Waals surface area contributed by atoms with Gasteiger partial charge in [0.1, 0.15) is 12.4 Å². The second kappa shape index (κ2) is 8.17. The lowest BCUT2D eigenvalue weighted by Crippen LogP contribution is -2.45. The van der Waals surface area contributed by atoms with Crippen LogP contribution in [0.3, 0.4) is 0 Å². The number of guanidine groups is 1. The maximum atomic E-state index is 5.88. The van der Waals surface area contributed by atoms with Crippen molar-refractivity contribution in [2.45, 2.75) is 39.4 Å². The molecule has 120 valence electrons. The van der Waals surface area contributed by atoms with Crippen LogP contribution in [-0.4, -0.2) is 21.0 Å². The van der Waals surface area contributed by atoms with E-state index in [1.807, 2.05) is 45.2 Å². The number of aromatic nitrogens is 2. The Bertz CT molecular complexity index is 598. The summed E-state index contributed by atoms with van der Waals surface area (Å²) in [5.74, 6) is 1.34. The maximum Gasteiger partial charge on any atom is 0.189 e. The van der Waals surface area contributed by atoms with E-state index in [2.05, 4.69) is 32.0 Å². The van der Waals surface area contributed by atoms with Gasteiger partial charge >= 0.3 is 0 Å². The summed E-state index contributed by atoms with van der Waals surface area (Å²) in [5, 5.41) is 3.14. The molecule has 2 rings (SSSR count). The first-order valence-corrected chi connectivity index (χ1v) is 7.06. The predicted molar refractivity (Wildman–Crippen MR) is 101 cm³/mol. The highest BCUT2D eigenvalue weighted by atomic mass is 127. The van der Waals surface area contributed by atoms with Crippen LogP contribution < -0.4 is 11.1 Å². The summed E-state index contributed by atoms with van der Waals surface area (Å²) in [6, 6.07) is 10.3. The lowest BCUT2D eigenvalue weighted by atomic mass is 10.1. The van der Waals surface area contributed by atoms with Crippen LogP contribution in [0.4, 0.5) is 0 Å². The molecule has 22 heavy (non-hydrogen) atoms. The number of rotatable bonds is 4. The average Bonchev–Trinajstić information content (AvgIpc) is 2.83. The first kappa shape index (κ1) is 18.5. The Morgan fingerprint density at radius 2 is 1.95 bits per heavy atom. The number of nitrogens with two attached hydrogens (primary N) is 1. The summed E-state index contributed by atoms with van der Waals surface area (Å²) in [4.78, 5) is 8.71. The predicted octanol–water partition coefficient (Wildman–Crippen LogP) is 2.75. The molecule has 5 nitrogen and oxygen atoms in total. The smallest absolute Gasteiger partial charge is 0.189 e. The van der Waals surface area contributed by atoms with Crippen molar-refractivity contribution >= 4 is 29.9 Å². The summed E-state index contributed by atoms with van der Waals surface area (Å²) in [6.07, 6.45) is 3.76. The van der Waals surface area contributed by atoms with Gasteiger partial charge in [0.25, 0.3) is 0 Å². The molecule has 0 atom stereocenters. The molecule has 0 bridgehead atoms. The topological polar surface area (TPSA) is 68.2 Å². The zero-order chi connectivity index (χ0) is 15.3. The van der Waals surface area contributed by atoms with Crippen molar-refractivity contribution in [3.63, 3.8) is 0 Å². The van der Waals surface area contributed by atoms with Gasteiger partial charge in [-0.3, -0.25) is 0 Å². The first-order chi connectivity index (χ1) is 9.94. The number of nitrogens with zero attached hydrogens (tertiary/aromatic N) is 3. The fraction of sp³-hybridized carbons (Fsp3) is 0.375. The third kappa shape index (κ3) is 6.05. The van der Waals surface area contributed by atoms with Gasteiger partial charge in [-0.25, -0.2) is 9.98 Å². The fourth-order valence-electron chi connectivity index (χ4n) is 2.00. The largest absolute Gasteiger partial charge is 0.370 e. The number of halogens is 1. The van der Waals surface area contributed by atoms with Gasteiger partial charge in [-0.1, -0.05) is 30.3 Å². The summed E-state index contributed by atoms with van der Waals surface area (Å²) < 4.78 is 2.09. The minimum atomic E-state index is -0.0902. The van der Waals surface area contributed by atoms with E-state index in [9.17, 15) is 0 Å². The van der Waals surface area contributed by atoms with Crippen LogP contribution >= 0.6 is 24.0 Å². The van der Waals surface area contributed by atoms with Crippen LogP contribution in [-0.2, 0) is 13.1 Å². The monoisotopic (exact) mass is 413 g/mol. The lowest BCUT2D eigenvalue weighted by Gasteiger charge is -2.21. The normalized spacial score (nSPS) is 11.9. The van der Waals surface area contributed by atoms with E-state index in [0.29, 0.717) is 12.5 Å². The molecule has 1 aromatic carbocycles. The van der Waals surface area contributed by atoms with E-state index in [4.69, 9.17) is 5.73 Å². The third-order valence-electron chi connectivity index (χ3n) is 2.89. The Morgan fingerprint density at radius 3 is 2.59 bits per heavy atom. The molecule has 0 aliphatic heterocycles. The van der Waals surface area contributed by atoms with E-state index in [-0.39, 0.29) is 29.5 Å². The Labute approximate surface area is 149 Å². The number of nitrogens with one attached hydrogen (secondary N) is 1. The molecular formula is C16H24IN5. The molecule has 1 aromatic heterocycles. The van der Waals surface area contributed by atoms with E-state index in [1.54, 1.807) is 6.20 Å². The molecule has 0 radical (unpaired) electrons. The highest BCUT2D eigenvalue weighted by Crippen LogP contribution is 2.06. The van der Waals surface area contributed by atoms with Crippen molar-refractivity contribution in [2.75, 3.05) is 0 Å². The van der Waals surface area contributed by atoms with Crippen LogP contribution in [0.5, 0.6) is 0 Å². The molecule has 0 fully saturated rings. The Kier molecular flexibility index (Phi) is 6.86. The Balaban J connectivity index is 0.00000242. The lowest BCUT2D eigenvalue weighted by molar-refractivity contribution is 0.508. The number of aliphatic imine (C=N–C) groups is 1. The number of hydrogen-bond donors (Lipinski definition) is 2. The van der Waals surface area contributed by atoms with Crippen LogP contribution in [0.1, 0.15) is 32.2 Å². The number of imidazole rings is 1. The first-order valence-electron chi connectivity index (χ1n) is 7.06. The quantitative estimate of drug-likeness (QED) is 0.460. The van der Waals surface area contributed by atoms with Crippen LogP contribution in [0.15, 0.2) is 47.7 Å². The van der Waals surface area contributed by atoms with E-state index in [0.717, 1.165) is 12.4 Å². The summed E-state index contributed by atoms with van der Waals surface area (Å²) in [5.41, 5.74) is 7.03. The molecule has 3 N–H and O–H groups in total. The van der Waals surface area contributed by atoms with Gasteiger partial charge < -0.3 is 15.6 Å². The summed E-state index contributed by atoms with van der Waals surface area (Å²) >= 11 is 0. The molecule has 2 aromatic rings. The van der Waals surface area contributed by atoms with Gasteiger partial charge in [-0.2, -0.15) is 0 Å². The second-order valence-electron chi connectivity index (χ2n) is 6.03. The Morgan fingerprint density at radius 1 is 1.27 bits per heavy atom. The number of benzene rings is 1.